The highest BCUT2D eigenvalue weighted by atomic mass is 35.5. The Labute approximate surface area is 260 Å². The summed E-state index contributed by atoms with van der Waals surface area (Å²) in [6.45, 7) is 5.13. The monoisotopic (exact) mass is 604 g/mol. The standard InChI is InChI=1S/C34H45ClN6O2/c1-3-5-7-8-9-10-11-12-13-19-32(42)43-25-30-33(35)36-31(18-6-4-2)41(30)24-26-20-22-27(23-21-26)28-16-14-15-17-29(28)34-37-39-40-38-34/h14-17,20-23H,3-13,18-19,24-25H2,1-2H3,(H,37,38,39,40). The highest BCUT2D eigenvalue weighted by Crippen LogP contribution is 2.30. The van der Waals surface area contributed by atoms with Crippen LogP contribution in [0, 0.1) is 0 Å². The number of imidazole rings is 1. The van der Waals surface area contributed by atoms with E-state index in [0.29, 0.717) is 23.9 Å². The van der Waals surface area contributed by atoms with Crippen LogP contribution in [-0.4, -0.2) is 36.1 Å². The number of H-pyrrole nitrogens is 1. The molecular formula is C34H45ClN6O2. The minimum absolute atomic E-state index is 0.129. The number of nitrogens with one attached hydrogen (secondary N) is 1. The van der Waals surface area contributed by atoms with Gasteiger partial charge in [0.25, 0.3) is 0 Å². The van der Waals surface area contributed by atoms with Gasteiger partial charge >= 0.3 is 5.97 Å². The summed E-state index contributed by atoms with van der Waals surface area (Å²) in [5.74, 6) is 1.31. The van der Waals surface area contributed by atoms with Crippen molar-refractivity contribution in [1.82, 2.24) is 30.2 Å². The molecule has 230 valence electrons. The number of aromatic amines is 1. The van der Waals surface area contributed by atoms with Gasteiger partial charge in [-0.3, -0.25) is 4.79 Å². The first-order valence-electron chi connectivity index (χ1n) is 15.9. The number of aromatic nitrogens is 6. The average Bonchev–Trinajstić information content (AvgIpc) is 3.67. The molecule has 4 aromatic rings. The second-order valence-electron chi connectivity index (χ2n) is 11.2. The third-order valence-corrected chi connectivity index (χ3v) is 8.13. The molecule has 8 nitrogen and oxygen atoms in total. The van der Waals surface area contributed by atoms with Crippen molar-refractivity contribution in [3.05, 3.63) is 70.8 Å². The molecule has 4 rings (SSSR count). The predicted molar refractivity (Wildman–Crippen MR) is 172 cm³/mol. The van der Waals surface area contributed by atoms with Crippen LogP contribution in [0.3, 0.4) is 0 Å². The molecule has 0 unspecified atom stereocenters. The zero-order valence-corrected chi connectivity index (χ0v) is 26.4. The summed E-state index contributed by atoms with van der Waals surface area (Å²) in [7, 11) is 0. The van der Waals surface area contributed by atoms with Crippen LogP contribution >= 0.6 is 11.6 Å². The van der Waals surface area contributed by atoms with Crippen molar-refractivity contribution in [1.29, 1.82) is 0 Å². The van der Waals surface area contributed by atoms with Crippen molar-refractivity contribution in [2.24, 2.45) is 0 Å². The average molecular weight is 605 g/mol. The fraction of sp³-hybridized carbons (Fsp3) is 0.500. The molecule has 9 heteroatoms. The lowest BCUT2D eigenvalue weighted by Gasteiger charge is -2.14. The van der Waals surface area contributed by atoms with Crippen LogP contribution in [0.5, 0.6) is 0 Å². The van der Waals surface area contributed by atoms with Crippen LogP contribution < -0.4 is 0 Å². The Kier molecular flexibility index (Phi) is 13.2. The van der Waals surface area contributed by atoms with Gasteiger partial charge in [-0.05, 0) is 34.7 Å². The molecule has 0 saturated carbocycles. The number of benzene rings is 2. The normalized spacial score (nSPS) is 11.2. The number of tetrazole rings is 1. The van der Waals surface area contributed by atoms with Crippen LogP contribution in [0.15, 0.2) is 48.5 Å². The third-order valence-electron chi connectivity index (χ3n) is 7.83. The van der Waals surface area contributed by atoms with Gasteiger partial charge in [-0.15, -0.1) is 10.2 Å². The first kappa shape index (κ1) is 32.4. The Morgan fingerprint density at radius 3 is 2.21 bits per heavy atom. The van der Waals surface area contributed by atoms with E-state index in [-0.39, 0.29) is 12.6 Å². The van der Waals surface area contributed by atoms with Crippen LogP contribution in [0.1, 0.15) is 108 Å². The van der Waals surface area contributed by atoms with Crippen molar-refractivity contribution in [3.8, 4) is 22.5 Å². The Hall–Kier alpha value is -3.52. The summed E-state index contributed by atoms with van der Waals surface area (Å²) in [4.78, 5) is 17.2. The van der Waals surface area contributed by atoms with Crippen molar-refractivity contribution in [3.63, 3.8) is 0 Å². The van der Waals surface area contributed by atoms with Gasteiger partial charge in [0.1, 0.15) is 12.4 Å². The second kappa shape index (κ2) is 17.6. The molecule has 0 aliphatic rings. The maximum absolute atomic E-state index is 12.6. The quantitative estimate of drug-likeness (QED) is 0.0848. The molecular weight excluding hydrogens is 560 g/mol. The molecule has 0 fully saturated rings. The van der Waals surface area contributed by atoms with E-state index in [4.69, 9.17) is 16.3 Å². The minimum Gasteiger partial charge on any atom is -0.459 e. The summed E-state index contributed by atoms with van der Waals surface area (Å²) < 4.78 is 7.82. The molecule has 0 aliphatic carbocycles. The van der Waals surface area contributed by atoms with Gasteiger partial charge in [-0.1, -0.05) is 132 Å². The van der Waals surface area contributed by atoms with Gasteiger partial charge in [-0.25, -0.2) is 4.98 Å². The Balaban J connectivity index is 1.37. The molecule has 0 amide bonds. The van der Waals surface area contributed by atoms with Crippen molar-refractivity contribution < 1.29 is 9.53 Å². The van der Waals surface area contributed by atoms with Gasteiger partial charge in [0, 0.05) is 24.9 Å². The molecule has 0 aliphatic heterocycles. The number of hydrogen-bond acceptors (Lipinski definition) is 6. The molecule has 43 heavy (non-hydrogen) atoms. The van der Waals surface area contributed by atoms with Gasteiger partial charge in [0.15, 0.2) is 5.15 Å². The topological polar surface area (TPSA) is 98.6 Å². The summed E-state index contributed by atoms with van der Waals surface area (Å²) in [5, 5.41) is 15.0. The fourth-order valence-electron chi connectivity index (χ4n) is 5.33. The molecule has 1 N–H and O–H groups in total. The minimum atomic E-state index is -0.175. The zero-order chi connectivity index (χ0) is 30.3. The first-order valence-corrected chi connectivity index (χ1v) is 16.3. The van der Waals surface area contributed by atoms with Crippen molar-refractivity contribution in [2.45, 2.75) is 110 Å². The molecule has 2 heterocycles. The molecule has 2 aromatic heterocycles. The van der Waals surface area contributed by atoms with E-state index >= 15 is 0 Å². The molecule has 0 spiro atoms. The Bertz CT molecular complexity index is 1380. The summed E-state index contributed by atoms with van der Waals surface area (Å²) in [5.41, 5.74) is 4.86. The van der Waals surface area contributed by atoms with Crippen LogP contribution in [-0.2, 0) is 29.1 Å². The smallest absolute Gasteiger partial charge is 0.306 e. The number of nitrogens with zero attached hydrogens (tertiary/aromatic N) is 5. The number of carbonyl (C=O) groups is 1. The van der Waals surface area contributed by atoms with E-state index in [1.54, 1.807) is 0 Å². The number of aryl methyl sites for hydroxylation is 1. The lowest BCUT2D eigenvalue weighted by Crippen LogP contribution is -2.12. The number of carbonyl (C=O) groups excluding carboxylic acids is 1. The lowest BCUT2D eigenvalue weighted by atomic mass is 9.98. The largest absolute Gasteiger partial charge is 0.459 e. The number of unbranched alkanes of at least 4 members (excludes halogenated alkanes) is 9. The van der Waals surface area contributed by atoms with E-state index < -0.39 is 0 Å². The summed E-state index contributed by atoms with van der Waals surface area (Å²) in [6, 6.07) is 16.4. The maximum Gasteiger partial charge on any atom is 0.306 e. The Morgan fingerprint density at radius 2 is 1.53 bits per heavy atom. The lowest BCUT2D eigenvalue weighted by molar-refractivity contribution is -0.145. The highest BCUT2D eigenvalue weighted by molar-refractivity contribution is 6.30. The second-order valence-corrected chi connectivity index (χ2v) is 11.5. The van der Waals surface area contributed by atoms with Crippen LogP contribution in [0.25, 0.3) is 22.5 Å². The van der Waals surface area contributed by atoms with E-state index in [0.717, 1.165) is 65.9 Å². The van der Waals surface area contributed by atoms with Gasteiger partial charge in [-0.2, -0.15) is 5.21 Å². The summed E-state index contributed by atoms with van der Waals surface area (Å²) >= 11 is 6.61. The molecule has 0 bridgehead atoms. The number of esters is 1. The zero-order valence-electron chi connectivity index (χ0n) is 25.7. The maximum atomic E-state index is 12.6. The summed E-state index contributed by atoms with van der Waals surface area (Å²) in [6.07, 6.45) is 14.3. The predicted octanol–water partition coefficient (Wildman–Crippen LogP) is 8.74. The van der Waals surface area contributed by atoms with Gasteiger partial charge < -0.3 is 9.30 Å². The van der Waals surface area contributed by atoms with Crippen LogP contribution in [0.4, 0.5) is 0 Å². The number of ether oxygens (including phenoxy) is 1. The number of rotatable bonds is 19. The van der Waals surface area contributed by atoms with E-state index in [2.05, 4.69) is 74.4 Å². The van der Waals surface area contributed by atoms with Crippen molar-refractivity contribution in [2.75, 3.05) is 0 Å². The molecule has 0 radical (unpaired) electrons. The third kappa shape index (κ3) is 9.75. The molecule has 0 atom stereocenters. The van der Waals surface area contributed by atoms with E-state index in [1.807, 2.05) is 18.2 Å². The van der Waals surface area contributed by atoms with Crippen LogP contribution in [0.2, 0.25) is 5.15 Å². The van der Waals surface area contributed by atoms with Gasteiger partial charge in [0.2, 0.25) is 5.82 Å². The number of hydrogen-bond donors (Lipinski definition) is 1. The highest BCUT2D eigenvalue weighted by Gasteiger charge is 2.18. The Morgan fingerprint density at radius 1 is 0.860 bits per heavy atom. The molecule has 2 aromatic carbocycles. The van der Waals surface area contributed by atoms with E-state index in [1.165, 1.54) is 44.9 Å². The number of halogens is 1. The fourth-order valence-corrected chi connectivity index (χ4v) is 5.59. The SMILES string of the molecule is CCCCCCCCCCCC(=O)OCc1c(Cl)nc(CCCC)n1Cc1ccc(-c2ccccc2-c2nn[nH]n2)cc1. The van der Waals surface area contributed by atoms with Crippen molar-refractivity contribution >= 4 is 17.6 Å². The first-order chi connectivity index (χ1) is 21.1. The van der Waals surface area contributed by atoms with E-state index in [9.17, 15) is 4.79 Å². The van der Waals surface area contributed by atoms with Gasteiger partial charge in [0.05, 0.1) is 5.69 Å². The molecule has 0 saturated heterocycles.